The van der Waals surface area contributed by atoms with Gasteiger partial charge in [0.15, 0.2) is 0 Å². The van der Waals surface area contributed by atoms with Gasteiger partial charge >= 0.3 is 0 Å². The molecule has 0 fully saturated rings. The Morgan fingerprint density at radius 1 is 1.29 bits per heavy atom. The molecule has 0 amide bonds. The van der Waals surface area contributed by atoms with Crippen LogP contribution in [-0.4, -0.2) is 0 Å². The highest BCUT2D eigenvalue weighted by atomic mass is 15.2. The maximum atomic E-state index is 5.59. The molecule has 0 aliphatic rings. The smallest absolute Gasteiger partial charge is 0.0462 e. The van der Waals surface area contributed by atoms with E-state index in [4.69, 9.17) is 5.84 Å². The summed E-state index contributed by atoms with van der Waals surface area (Å²) in [4.78, 5) is 0. The Morgan fingerprint density at radius 2 is 1.88 bits per heavy atom. The van der Waals surface area contributed by atoms with Gasteiger partial charge in [0.25, 0.3) is 0 Å². The van der Waals surface area contributed by atoms with Crippen LogP contribution in [0, 0.1) is 0 Å². The van der Waals surface area contributed by atoms with E-state index in [1.54, 1.807) is 0 Å². The molecule has 2 heteroatoms. The fourth-order valence-electron chi connectivity index (χ4n) is 1.85. The van der Waals surface area contributed by atoms with Gasteiger partial charge in [-0.05, 0) is 29.4 Å². The Labute approximate surface area is 105 Å². The molecule has 0 spiro atoms. The first-order valence-corrected chi connectivity index (χ1v) is 6.16. The van der Waals surface area contributed by atoms with Crippen molar-refractivity contribution in [2.24, 2.45) is 5.84 Å². The van der Waals surface area contributed by atoms with Gasteiger partial charge in [0, 0.05) is 6.04 Å². The van der Waals surface area contributed by atoms with Gasteiger partial charge in [0.1, 0.15) is 0 Å². The zero-order chi connectivity index (χ0) is 12.9. The lowest BCUT2D eigenvalue weighted by Gasteiger charge is -2.21. The van der Waals surface area contributed by atoms with Crippen LogP contribution in [0.1, 0.15) is 50.8 Å². The molecule has 94 valence electrons. The fraction of sp³-hybridized carbons (Fsp3) is 0.467. The third kappa shape index (κ3) is 3.99. The summed E-state index contributed by atoms with van der Waals surface area (Å²) in [6.45, 7) is 10.4. The molecule has 1 aromatic rings. The first-order chi connectivity index (χ1) is 7.99. The maximum Gasteiger partial charge on any atom is 0.0462 e. The lowest BCUT2D eigenvalue weighted by Crippen LogP contribution is -2.28. The van der Waals surface area contributed by atoms with E-state index >= 15 is 0 Å². The third-order valence-corrected chi connectivity index (χ3v) is 3.04. The second-order valence-corrected chi connectivity index (χ2v) is 5.46. The van der Waals surface area contributed by atoms with Gasteiger partial charge in [-0.2, -0.15) is 0 Å². The molecule has 0 radical (unpaired) electrons. The monoisotopic (exact) mass is 232 g/mol. The van der Waals surface area contributed by atoms with Crippen LogP contribution in [0.15, 0.2) is 36.9 Å². The summed E-state index contributed by atoms with van der Waals surface area (Å²) in [7, 11) is 0. The minimum Gasteiger partial charge on any atom is -0.271 e. The summed E-state index contributed by atoms with van der Waals surface area (Å²) in [6.07, 6.45) is 3.87. The molecule has 1 aromatic carbocycles. The fourth-order valence-corrected chi connectivity index (χ4v) is 1.85. The van der Waals surface area contributed by atoms with Crippen LogP contribution >= 0.6 is 0 Å². The van der Waals surface area contributed by atoms with E-state index in [0.29, 0.717) is 0 Å². The summed E-state index contributed by atoms with van der Waals surface area (Å²) in [5.41, 5.74) is 5.65. The van der Waals surface area contributed by atoms with Crippen molar-refractivity contribution in [3.8, 4) is 0 Å². The summed E-state index contributed by atoms with van der Waals surface area (Å²) in [5.74, 6) is 5.59. The highest BCUT2D eigenvalue weighted by molar-refractivity contribution is 5.29. The Bertz CT molecular complexity index is 346. The van der Waals surface area contributed by atoms with Gasteiger partial charge in [0.2, 0.25) is 0 Å². The minimum atomic E-state index is 0.200. The second-order valence-electron chi connectivity index (χ2n) is 5.46. The molecule has 1 unspecified atom stereocenters. The minimum absolute atomic E-state index is 0.200. The highest BCUT2D eigenvalue weighted by Crippen LogP contribution is 2.25. The van der Waals surface area contributed by atoms with Crippen LogP contribution in [-0.2, 0) is 5.41 Å². The molecule has 0 saturated carbocycles. The number of benzene rings is 1. The second kappa shape index (κ2) is 5.99. The largest absolute Gasteiger partial charge is 0.271 e. The van der Waals surface area contributed by atoms with Crippen molar-refractivity contribution < 1.29 is 0 Å². The number of hydrazine groups is 1. The van der Waals surface area contributed by atoms with E-state index in [9.17, 15) is 0 Å². The van der Waals surface area contributed by atoms with Gasteiger partial charge in [-0.3, -0.25) is 11.3 Å². The highest BCUT2D eigenvalue weighted by Gasteiger charge is 2.14. The molecule has 0 aromatic heterocycles. The van der Waals surface area contributed by atoms with Crippen molar-refractivity contribution in [3.05, 3.63) is 48.0 Å². The molecule has 1 atom stereocenters. The molecule has 0 saturated heterocycles. The number of nitrogens with two attached hydrogens (primary N) is 1. The van der Waals surface area contributed by atoms with Crippen molar-refractivity contribution in [1.82, 2.24) is 5.43 Å². The topological polar surface area (TPSA) is 38.0 Å². The zero-order valence-corrected chi connectivity index (χ0v) is 11.2. The summed E-state index contributed by atoms with van der Waals surface area (Å²) >= 11 is 0. The first kappa shape index (κ1) is 13.9. The predicted octanol–water partition coefficient (Wildman–Crippen LogP) is 3.45. The molecule has 0 heterocycles. The lowest BCUT2D eigenvalue weighted by atomic mass is 9.86. The van der Waals surface area contributed by atoms with E-state index < -0.39 is 0 Å². The number of hydrogen-bond donors (Lipinski definition) is 2. The van der Waals surface area contributed by atoms with Gasteiger partial charge in [-0.25, -0.2) is 0 Å². The van der Waals surface area contributed by atoms with Crippen molar-refractivity contribution in [2.75, 3.05) is 0 Å². The van der Waals surface area contributed by atoms with Gasteiger partial charge in [-0.15, -0.1) is 6.58 Å². The summed E-state index contributed by atoms with van der Waals surface area (Å²) in [6, 6.07) is 8.91. The number of nitrogens with one attached hydrogen (secondary N) is 1. The molecule has 2 nitrogen and oxygen atoms in total. The summed E-state index contributed by atoms with van der Waals surface area (Å²) in [5, 5.41) is 0. The van der Waals surface area contributed by atoms with E-state index in [2.05, 4.69) is 57.0 Å². The maximum absolute atomic E-state index is 5.59. The van der Waals surface area contributed by atoms with Crippen molar-refractivity contribution >= 4 is 0 Å². The normalized spacial score (nSPS) is 13.4. The van der Waals surface area contributed by atoms with Crippen molar-refractivity contribution in [3.63, 3.8) is 0 Å². The molecule has 0 bridgehead atoms. The van der Waals surface area contributed by atoms with Crippen LogP contribution in [0.5, 0.6) is 0 Å². The molecule has 3 N–H and O–H groups in total. The van der Waals surface area contributed by atoms with Crippen LogP contribution in [0.25, 0.3) is 0 Å². The standard InChI is InChI=1S/C15H24N2/c1-5-6-7-14(17-16)12-8-10-13(11-9-12)15(2,3)4/h5,8-11,14,17H,1,6-7,16H2,2-4H3. The van der Waals surface area contributed by atoms with Crippen molar-refractivity contribution in [2.45, 2.75) is 45.1 Å². The van der Waals surface area contributed by atoms with Gasteiger partial charge in [-0.1, -0.05) is 51.1 Å². The average Bonchev–Trinajstić information content (AvgIpc) is 2.29. The van der Waals surface area contributed by atoms with Crippen molar-refractivity contribution in [1.29, 1.82) is 0 Å². The van der Waals surface area contributed by atoms with Crippen LogP contribution in [0.2, 0.25) is 0 Å². The Hall–Kier alpha value is -1.12. The number of rotatable bonds is 5. The Kier molecular flexibility index (Phi) is 4.91. The number of allylic oxidation sites excluding steroid dienone is 1. The van der Waals surface area contributed by atoms with Gasteiger partial charge < -0.3 is 0 Å². The zero-order valence-electron chi connectivity index (χ0n) is 11.2. The first-order valence-electron chi connectivity index (χ1n) is 6.16. The lowest BCUT2D eigenvalue weighted by molar-refractivity contribution is 0.519. The van der Waals surface area contributed by atoms with Crippen LogP contribution in [0.4, 0.5) is 0 Å². The van der Waals surface area contributed by atoms with E-state index in [0.717, 1.165) is 12.8 Å². The molecule has 1 rings (SSSR count). The number of hydrogen-bond acceptors (Lipinski definition) is 2. The molecule has 0 aliphatic heterocycles. The quantitative estimate of drug-likeness (QED) is 0.463. The van der Waals surface area contributed by atoms with Crippen LogP contribution < -0.4 is 11.3 Å². The molecular formula is C15H24N2. The Morgan fingerprint density at radius 3 is 2.29 bits per heavy atom. The summed E-state index contributed by atoms with van der Waals surface area (Å²) < 4.78 is 0. The third-order valence-electron chi connectivity index (χ3n) is 3.04. The van der Waals surface area contributed by atoms with E-state index in [-0.39, 0.29) is 11.5 Å². The molecular weight excluding hydrogens is 208 g/mol. The van der Waals surface area contributed by atoms with Crippen LogP contribution in [0.3, 0.4) is 0 Å². The predicted molar refractivity (Wildman–Crippen MR) is 74.6 cm³/mol. The average molecular weight is 232 g/mol. The Balaban J connectivity index is 2.81. The van der Waals surface area contributed by atoms with E-state index in [1.165, 1.54) is 11.1 Å². The van der Waals surface area contributed by atoms with E-state index in [1.807, 2.05) is 6.08 Å². The van der Waals surface area contributed by atoms with Gasteiger partial charge in [0.05, 0.1) is 0 Å². The molecule has 17 heavy (non-hydrogen) atoms. The SMILES string of the molecule is C=CCCC(NN)c1ccc(C(C)(C)C)cc1. The molecule has 0 aliphatic carbocycles.